The molecule has 0 aliphatic carbocycles. The monoisotopic (exact) mass is 293 g/mol. The molecule has 100 valence electrons. The smallest absolute Gasteiger partial charge is 0.290 e. The van der Waals surface area contributed by atoms with Crippen molar-refractivity contribution in [2.45, 2.75) is 6.18 Å². The molecule has 0 fully saturated rings. The highest BCUT2D eigenvalue weighted by atomic mass is 32.1. The van der Waals surface area contributed by atoms with Crippen LogP contribution in [0, 0.1) is 11.3 Å². The van der Waals surface area contributed by atoms with E-state index in [9.17, 15) is 18.4 Å². The Kier molecular flexibility index (Phi) is 2.76. The van der Waals surface area contributed by atoms with Crippen molar-refractivity contribution in [3.8, 4) is 16.6 Å². The van der Waals surface area contributed by atoms with Gasteiger partial charge in [0.2, 0.25) is 0 Å². The summed E-state index contributed by atoms with van der Waals surface area (Å²) in [4.78, 5) is 4.98. The zero-order valence-electron chi connectivity index (χ0n) is 9.85. The van der Waals surface area contributed by atoms with Crippen LogP contribution >= 0.6 is 11.3 Å². The van der Waals surface area contributed by atoms with E-state index in [0.717, 1.165) is 17.1 Å². The molecule has 3 aromatic rings. The van der Waals surface area contributed by atoms with Crippen LogP contribution in [0.15, 0.2) is 35.8 Å². The Labute approximate surface area is 115 Å². The third-order valence-corrected chi connectivity index (χ3v) is 3.68. The van der Waals surface area contributed by atoms with E-state index < -0.39 is 11.7 Å². The Hall–Kier alpha value is -2.33. The molecule has 0 atom stereocenters. The predicted octanol–water partition coefficient (Wildman–Crippen LogP) is 3.95. The molecule has 0 unspecified atom stereocenters. The molecule has 0 saturated carbocycles. The van der Waals surface area contributed by atoms with Crippen LogP contribution in [0.4, 0.5) is 13.2 Å². The van der Waals surface area contributed by atoms with Crippen molar-refractivity contribution in [1.29, 1.82) is 5.26 Å². The fourth-order valence-electron chi connectivity index (χ4n) is 1.90. The number of aromatic nitrogens is 2. The molecular formula is C13H6F3N3S. The molecule has 0 radical (unpaired) electrons. The van der Waals surface area contributed by atoms with Gasteiger partial charge in [0.15, 0.2) is 5.69 Å². The number of fused-ring (bicyclic) bond motifs is 1. The summed E-state index contributed by atoms with van der Waals surface area (Å²) in [6, 6.07) is 7.72. The summed E-state index contributed by atoms with van der Waals surface area (Å²) in [6.07, 6.45) is -3.55. The van der Waals surface area contributed by atoms with E-state index in [2.05, 4.69) is 4.98 Å². The molecule has 7 heteroatoms. The molecule has 0 saturated heterocycles. The van der Waals surface area contributed by atoms with Crippen LogP contribution in [-0.4, -0.2) is 9.38 Å². The fraction of sp³-hybridized carbons (Fsp3) is 0.0769. The van der Waals surface area contributed by atoms with Crippen molar-refractivity contribution < 1.29 is 13.2 Å². The summed E-state index contributed by atoms with van der Waals surface area (Å²) in [5.74, 6) is 0. The first-order valence-corrected chi connectivity index (χ1v) is 6.42. The van der Waals surface area contributed by atoms with Gasteiger partial charge in [0.05, 0.1) is 10.4 Å². The van der Waals surface area contributed by atoms with E-state index in [4.69, 9.17) is 0 Å². The Balaban J connectivity index is 2.29. The topological polar surface area (TPSA) is 41.1 Å². The largest absolute Gasteiger partial charge is 0.417 e. The van der Waals surface area contributed by atoms with Gasteiger partial charge in [-0.15, -0.1) is 11.3 Å². The number of alkyl halides is 3. The molecule has 0 amide bonds. The number of rotatable bonds is 1. The summed E-state index contributed by atoms with van der Waals surface area (Å²) in [5.41, 5.74) is 0.0185. The van der Waals surface area contributed by atoms with Gasteiger partial charge in [-0.25, -0.2) is 4.98 Å². The zero-order chi connectivity index (χ0) is 14.3. The first kappa shape index (κ1) is 12.7. The summed E-state index contributed by atoms with van der Waals surface area (Å²) in [5, 5.41) is 11.0. The van der Waals surface area contributed by atoms with Gasteiger partial charge in [-0.3, -0.25) is 4.40 Å². The fourth-order valence-corrected chi connectivity index (χ4v) is 2.62. The SMILES string of the molecule is N#Cc1c(-c2cccs2)nc2ccc(C(F)(F)F)cn12. The molecular weight excluding hydrogens is 287 g/mol. The molecule has 3 rings (SSSR count). The lowest BCUT2D eigenvalue weighted by atomic mass is 10.2. The van der Waals surface area contributed by atoms with E-state index in [1.165, 1.54) is 21.8 Å². The minimum absolute atomic E-state index is 0.105. The number of halogens is 3. The maximum atomic E-state index is 12.7. The molecule has 0 aliphatic rings. The number of imidazole rings is 1. The zero-order valence-corrected chi connectivity index (χ0v) is 10.7. The van der Waals surface area contributed by atoms with Crippen LogP contribution in [0.5, 0.6) is 0 Å². The van der Waals surface area contributed by atoms with Crippen molar-refractivity contribution in [3.05, 3.63) is 47.1 Å². The third-order valence-electron chi connectivity index (χ3n) is 2.81. The lowest BCUT2D eigenvalue weighted by Gasteiger charge is -2.06. The number of thiophene rings is 1. The van der Waals surface area contributed by atoms with Crippen LogP contribution in [0.3, 0.4) is 0 Å². The van der Waals surface area contributed by atoms with Gasteiger partial charge in [-0.05, 0) is 23.6 Å². The van der Waals surface area contributed by atoms with Gasteiger partial charge in [0, 0.05) is 6.20 Å². The summed E-state index contributed by atoms with van der Waals surface area (Å²) < 4.78 is 39.3. The van der Waals surface area contributed by atoms with Gasteiger partial charge in [0.25, 0.3) is 0 Å². The van der Waals surface area contributed by atoms with Crippen LogP contribution in [0.1, 0.15) is 11.3 Å². The Morgan fingerprint density at radius 1 is 1.25 bits per heavy atom. The summed E-state index contributed by atoms with van der Waals surface area (Å²) >= 11 is 1.38. The van der Waals surface area contributed by atoms with Crippen molar-refractivity contribution in [3.63, 3.8) is 0 Å². The second-order valence-corrected chi connectivity index (χ2v) is 4.99. The molecule has 3 aromatic heterocycles. The Morgan fingerprint density at radius 2 is 2.05 bits per heavy atom. The quantitative estimate of drug-likeness (QED) is 0.681. The van der Waals surface area contributed by atoms with Gasteiger partial charge in [-0.2, -0.15) is 18.4 Å². The number of hydrogen-bond acceptors (Lipinski definition) is 3. The average molecular weight is 293 g/mol. The first-order valence-electron chi connectivity index (χ1n) is 5.54. The number of hydrogen-bond donors (Lipinski definition) is 0. The maximum Gasteiger partial charge on any atom is 0.417 e. The average Bonchev–Trinajstić information content (AvgIpc) is 3.03. The number of nitrogens with zero attached hydrogens (tertiary/aromatic N) is 3. The van der Waals surface area contributed by atoms with E-state index in [1.54, 1.807) is 12.1 Å². The van der Waals surface area contributed by atoms with Crippen molar-refractivity contribution >= 4 is 17.0 Å². The lowest BCUT2D eigenvalue weighted by molar-refractivity contribution is -0.137. The van der Waals surface area contributed by atoms with Gasteiger partial charge in [-0.1, -0.05) is 6.07 Å². The molecule has 0 spiro atoms. The summed E-state index contributed by atoms with van der Waals surface area (Å²) in [7, 11) is 0. The molecule has 3 heterocycles. The standard InChI is InChI=1S/C13H6F3N3S/c14-13(15,16)8-3-4-11-18-12(10-2-1-5-20-10)9(6-17)19(11)7-8/h1-5,7H. The van der Waals surface area contributed by atoms with E-state index >= 15 is 0 Å². The number of nitriles is 1. The number of pyridine rings is 1. The molecule has 20 heavy (non-hydrogen) atoms. The minimum atomic E-state index is -4.45. The second-order valence-electron chi connectivity index (χ2n) is 4.04. The van der Waals surface area contributed by atoms with Crippen LogP contribution in [0.2, 0.25) is 0 Å². The Morgan fingerprint density at radius 3 is 2.65 bits per heavy atom. The van der Waals surface area contributed by atoms with Gasteiger partial charge >= 0.3 is 6.18 Å². The lowest BCUT2D eigenvalue weighted by Crippen LogP contribution is -2.06. The van der Waals surface area contributed by atoms with Crippen LogP contribution in [-0.2, 0) is 6.18 Å². The molecule has 0 aliphatic heterocycles. The highest BCUT2D eigenvalue weighted by Crippen LogP contribution is 2.32. The first-order chi connectivity index (χ1) is 9.50. The van der Waals surface area contributed by atoms with Gasteiger partial charge in [0.1, 0.15) is 17.4 Å². The minimum Gasteiger partial charge on any atom is -0.290 e. The highest BCUT2D eigenvalue weighted by Gasteiger charge is 2.31. The molecule has 0 N–H and O–H groups in total. The molecule has 0 bridgehead atoms. The molecule has 0 aromatic carbocycles. The Bertz CT molecular complexity index is 810. The third kappa shape index (κ3) is 1.94. The van der Waals surface area contributed by atoms with Crippen LogP contribution < -0.4 is 0 Å². The van der Waals surface area contributed by atoms with E-state index in [1.807, 2.05) is 11.4 Å². The van der Waals surface area contributed by atoms with Gasteiger partial charge < -0.3 is 0 Å². The van der Waals surface area contributed by atoms with Crippen molar-refractivity contribution in [2.24, 2.45) is 0 Å². The second kappa shape index (κ2) is 4.35. The van der Waals surface area contributed by atoms with Crippen molar-refractivity contribution in [2.75, 3.05) is 0 Å². The highest BCUT2D eigenvalue weighted by molar-refractivity contribution is 7.13. The predicted molar refractivity (Wildman–Crippen MR) is 68.2 cm³/mol. The normalized spacial score (nSPS) is 11.7. The molecule has 3 nitrogen and oxygen atoms in total. The van der Waals surface area contributed by atoms with Crippen molar-refractivity contribution in [1.82, 2.24) is 9.38 Å². The maximum absolute atomic E-state index is 12.7. The van der Waals surface area contributed by atoms with Crippen LogP contribution in [0.25, 0.3) is 16.2 Å². The van der Waals surface area contributed by atoms with E-state index in [0.29, 0.717) is 11.3 Å². The summed E-state index contributed by atoms with van der Waals surface area (Å²) in [6.45, 7) is 0. The van der Waals surface area contributed by atoms with E-state index in [-0.39, 0.29) is 5.69 Å².